The van der Waals surface area contributed by atoms with E-state index in [0.717, 1.165) is 11.3 Å². The van der Waals surface area contributed by atoms with E-state index in [1.807, 2.05) is 33.2 Å². The number of hydrogen-bond acceptors (Lipinski definition) is 3. The molecule has 1 aliphatic heterocycles. The van der Waals surface area contributed by atoms with Crippen molar-refractivity contribution >= 4 is 40.1 Å². The van der Waals surface area contributed by atoms with Gasteiger partial charge in [-0.25, -0.2) is 4.21 Å². The highest BCUT2D eigenvalue weighted by Crippen LogP contribution is 2.20. The number of halogens is 1. The van der Waals surface area contributed by atoms with Gasteiger partial charge in [-0.05, 0) is 24.6 Å². The lowest BCUT2D eigenvalue weighted by molar-refractivity contribution is 0.632. The maximum absolute atomic E-state index is 11.3. The first-order chi connectivity index (χ1) is 8.47. The minimum Gasteiger partial charge on any atom is -0.359 e. The molecule has 0 amide bonds. The lowest BCUT2D eigenvalue weighted by Gasteiger charge is -2.14. The van der Waals surface area contributed by atoms with Gasteiger partial charge in [0.15, 0.2) is 11.7 Å². The number of benzene rings is 1. The fraction of sp³-hybridized carbons (Fsp3) is 0.273. The second-order valence-electron chi connectivity index (χ2n) is 4.07. The topological polar surface area (TPSA) is 57.1 Å². The molecule has 0 spiro atoms. The Morgan fingerprint density at radius 3 is 2.67 bits per heavy atom. The Morgan fingerprint density at radius 2 is 2.06 bits per heavy atom. The molecule has 1 unspecified atom stereocenters. The predicted molar refractivity (Wildman–Crippen MR) is 76.5 cm³/mol. The van der Waals surface area contributed by atoms with Gasteiger partial charge in [0.05, 0.1) is 0 Å². The molecule has 5 nitrogen and oxygen atoms in total. The molecule has 0 radical (unpaired) electrons. The van der Waals surface area contributed by atoms with Crippen LogP contribution < -0.4 is 5.32 Å². The van der Waals surface area contributed by atoms with Crippen molar-refractivity contribution in [2.45, 2.75) is 6.92 Å². The molecule has 7 heteroatoms. The molecule has 0 aliphatic carbocycles. The predicted octanol–water partition coefficient (Wildman–Crippen LogP) is 2.01. The highest BCUT2D eigenvalue weighted by atomic mass is 35.5. The van der Waals surface area contributed by atoms with Gasteiger partial charge in [-0.15, -0.1) is 8.80 Å². The molecule has 1 N–H and O–H groups in total. The standard InChI is InChI=1S/C11H13ClN4OS/c1-7-4-5-8(6-9(7)12)13-10-11(16(2)3)15-18(17)14-10/h4-6H,1-3H3,(H,13,14). The molecule has 2 rings (SSSR count). The zero-order valence-corrected chi connectivity index (χ0v) is 11.8. The fourth-order valence-electron chi connectivity index (χ4n) is 1.44. The molecule has 1 heterocycles. The van der Waals surface area contributed by atoms with Gasteiger partial charge in [0.1, 0.15) is 0 Å². The van der Waals surface area contributed by atoms with Gasteiger partial charge in [0.25, 0.3) is 11.2 Å². The largest absolute Gasteiger partial charge is 0.359 e. The van der Waals surface area contributed by atoms with Crippen LogP contribution in [0.15, 0.2) is 27.0 Å². The average molecular weight is 285 g/mol. The molecule has 96 valence electrons. The van der Waals surface area contributed by atoms with E-state index < -0.39 is 11.2 Å². The number of amidine groups is 2. The van der Waals surface area contributed by atoms with Crippen LogP contribution in [0, 0.1) is 6.92 Å². The molecule has 0 saturated carbocycles. The summed E-state index contributed by atoms with van der Waals surface area (Å²) in [4.78, 5) is 1.76. The average Bonchev–Trinajstić information content (AvgIpc) is 2.65. The van der Waals surface area contributed by atoms with Gasteiger partial charge < -0.3 is 10.2 Å². The maximum Gasteiger partial charge on any atom is 0.269 e. The number of rotatable bonds is 1. The minimum absolute atomic E-state index is 0.484. The van der Waals surface area contributed by atoms with Gasteiger partial charge in [-0.2, -0.15) is 0 Å². The van der Waals surface area contributed by atoms with Crippen molar-refractivity contribution in [1.82, 2.24) is 4.90 Å². The Kier molecular flexibility index (Phi) is 3.68. The molecule has 0 bridgehead atoms. The Labute approximate surface area is 113 Å². The smallest absolute Gasteiger partial charge is 0.269 e. The van der Waals surface area contributed by atoms with E-state index in [0.29, 0.717) is 16.7 Å². The van der Waals surface area contributed by atoms with Crippen molar-refractivity contribution in [2.24, 2.45) is 8.80 Å². The molecule has 1 aliphatic rings. The zero-order chi connectivity index (χ0) is 13.3. The third-order valence-corrected chi connectivity index (χ3v) is 3.48. The number of nitrogens with zero attached hydrogens (tertiary/aromatic N) is 3. The van der Waals surface area contributed by atoms with Crippen LogP contribution in [0.2, 0.25) is 5.02 Å². The normalized spacial score (nSPS) is 18.3. The summed E-state index contributed by atoms with van der Waals surface area (Å²) in [6.45, 7) is 1.93. The Hall–Kier alpha value is -1.40. The highest BCUT2D eigenvalue weighted by Gasteiger charge is 2.20. The van der Waals surface area contributed by atoms with Crippen LogP contribution in [0.4, 0.5) is 5.69 Å². The van der Waals surface area contributed by atoms with Crippen molar-refractivity contribution < 1.29 is 4.21 Å². The molecule has 0 aromatic heterocycles. The third kappa shape index (κ3) is 2.70. The quantitative estimate of drug-likeness (QED) is 0.858. The number of aryl methyl sites for hydroxylation is 1. The minimum atomic E-state index is -1.55. The van der Waals surface area contributed by atoms with Crippen molar-refractivity contribution in [2.75, 3.05) is 19.4 Å². The lowest BCUT2D eigenvalue weighted by Crippen LogP contribution is -2.32. The maximum atomic E-state index is 11.3. The second kappa shape index (κ2) is 5.07. The summed E-state index contributed by atoms with van der Waals surface area (Å²) in [7, 11) is 3.64. The van der Waals surface area contributed by atoms with E-state index >= 15 is 0 Å². The van der Waals surface area contributed by atoms with Crippen molar-refractivity contribution in [3.05, 3.63) is 28.8 Å². The summed E-state index contributed by atoms with van der Waals surface area (Å²) in [5.74, 6) is 1.04. The van der Waals surface area contributed by atoms with Crippen LogP contribution in [0.3, 0.4) is 0 Å². The van der Waals surface area contributed by atoms with Gasteiger partial charge in [-0.3, -0.25) is 0 Å². The van der Waals surface area contributed by atoms with E-state index in [2.05, 4.69) is 14.1 Å². The van der Waals surface area contributed by atoms with E-state index in [1.54, 1.807) is 11.0 Å². The summed E-state index contributed by atoms with van der Waals surface area (Å²) >= 11 is 4.50. The van der Waals surface area contributed by atoms with Gasteiger partial charge in [0, 0.05) is 24.8 Å². The number of nitrogens with one attached hydrogen (secondary N) is 1. The first kappa shape index (κ1) is 13.0. The second-order valence-corrected chi connectivity index (χ2v) is 5.30. The molecule has 1 aromatic rings. The Morgan fingerprint density at radius 1 is 1.33 bits per heavy atom. The summed E-state index contributed by atoms with van der Waals surface area (Å²) < 4.78 is 19.2. The third-order valence-electron chi connectivity index (χ3n) is 2.40. The van der Waals surface area contributed by atoms with Crippen LogP contribution >= 0.6 is 11.6 Å². The number of anilines is 1. The van der Waals surface area contributed by atoms with Crippen LogP contribution in [0.5, 0.6) is 0 Å². The summed E-state index contributed by atoms with van der Waals surface area (Å²) in [5, 5.41) is 3.74. The van der Waals surface area contributed by atoms with Gasteiger partial charge in [-0.1, -0.05) is 17.7 Å². The fourth-order valence-corrected chi connectivity index (χ4v) is 2.34. The molecule has 1 atom stereocenters. The van der Waals surface area contributed by atoms with Crippen molar-refractivity contribution in [1.29, 1.82) is 0 Å². The SMILES string of the molecule is Cc1ccc(NC2=NS(=O)N=C2N(C)C)cc1Cl. The molecule has 0 saturated heterocycles. The molecule has 18 heavy (non-hydrogen) atoms. The first-order valence-electron chi connectivity index (χ1n) is 5.27. The van der Waals surface area contributed by atoms with Crippen LogP contribution in [0.25, 0.3) is 0 Å². The number of hydrogen-bond donors (Lipinski definition) is 1. The van der Waals surface area contributed by atoms with Crippen LogP contribution in [-0.4, -0.2) is 34.9 Å². The first-order valence-corrected chi connectivity index (χ1v) is 6.72. The van der Waals surface area contributed by atoms with E-state index in [1.165, 1.54) is 0 Å². The molecule has 0 fully saturated rings. The van der Waals surface area contributed by atoms with Crippen molar-refractivity contribution in [3.63, 3.8) is 0 Å². The van der Waals surface area contributed by atoms with E-state index in [4.69, 9.17) is 11.6 Å². The Bertz CT molecular complexity index is 568. The van der Waals surface area contributed by atoms with E-state index in [-0.39, 0.29) is 0 Å². The van der Waals surface area contributed by atoms with E-state index in [9.17, 15) is 4.21 Å². The van der Waals surface area contributed by atoms with Crippen LogP contribution in [-0.2, 0) is 11.2 Å². The van der Waals surface area contributed by atoms with Crippen LogP contribution in [0.1, 0.15) is 5.56 Å². The highest BCUT2D eigenvalue weighted by molar-refractivity contribution is 7.83. The molecular formula is C11H13ClN4OS. The monoisotopic (exact) mass is 284 g/mol. The van der Waals surface area contributed by atoms with Crippen molar-refractivity contribution in [3.8, 4) is 0 Å². The molecule has 1 aromatic carbocycles. The summed E-state index contributed by atoms with van der Waals surface area (Å²) in [5.41, 5.74) is 1.79. The molecular weight excluding hydrogens is 272 g/mol. The van der Waals surface area contributed by atoms with Gasteiger partial charge in [0.2, 0.25) is 0 Å². The summed E-state index contributed by atoms with van der Waals surface area (Å²) in [6.07, 6.45) is 0. The zero-order valence-electron chi connectivity index (χ0n) is 10.3. The number of likely N-dealkylation sites (N-methyl/N-ethyl adjacent to an activating group) is 1. The van der Waals surface area contributed by atoms with Gasteiger partial charge >= 0.3 is 0 Å². The lowest BCUT2D eigenvalue weighted by atomic mass is 10.2. The summed E-state index contributed by atoms with van der Waals surface area (Å²) in [6, 6.07) is 5.59. The Balaban J connectivity index is 2.24.